The maximum atomic E-state index is 5.98. The van der Waals surface area contributed by atoms with Crippen LogP contribution in [-0.2, 0) is 0 Å². The molecule has 3 nitrogen and oxygen atoms in total. The van der Waals surface area contributed by atoms with Crippen LogP contribution in [0.1, 0.15) is 13.8 Å². The molecule has 0 amide bonds. The van der Waals surface area contributed by atoms with Crippen LogP contribution in [-0.4, -0.2) is 11.5 Å². The largest absolute Gasteiger partial charge is 0.309 e. The molecular weight excluding hydrogens is 234 g/mol. The Kier molecular flexibility index (Phi) is 4.73. The summed E-state index contributed by atoms with van der Waals surface area (Å²) >= 11 is 0. The van der Waals surface area contributed by atoms with Gasteiger partial charge in [0.25, 0.3) is 0 Å². The fourth-order valence-electron chi connectivity index (χ4n) is 1.72. The molecule has 0 atom stereocenters. The van der Waals surface area contributed by atoms with E-state index in [9.17, 15) is 0 Å². The van der Waals surface area contributed by atoms with Crippen LogP contribution >= 0.6 is 12.4 Å². The summed E-state index contributed by atoms with van der Waals surface area (Å²) in [6, 6.07) is 10.1. The van der Waals surface area contributed by atoms with E-state index in [0.29, 0.717) is 5.92 Å². The van der Waals surface area contributed by atoms with E-state index < -0.39 is 0 Å². The Morgan fingerprint density at radius 2 is 2.00 bits per heavy atom. The van der Waals surface area contributed by atoms with Crippen LogP contribution in [0, 0.1) is 5.92 Å². The van der Waals surface area contributed by atoms with Gasteiger partial charge in [-0.05, 0) is 18.1 Å². The lowest BCUT2D eigenvalue weighted by atomic mass is 10.2. The highest BCUT2D eigenvalue weighted by Crippen LogP contribution is 2.18. The Balaban J connectivity index is 0.00000144. The van der Waals surface area contributed by atoms with Crippen LogP contribution in [0.3, 0.4) is 0 Å². The summed E-state index contributed by atoms with van der Waals surface area (Å²) in [5.41, 5.74) is 1.97. The van der Waals surface area contributed by atoms with Crippen LogP contribution in [0.4, 0.5) is 5.69 Å². The van der Waals surface area contributed by atoms with Gasteiger partial charge in [0.1, 0.15) is 0 Å². The van der Waals surface area contributed by atoms with Crippen molar-refractivity contribution >= 4 is 29.0 Å². The third-order valence-corrected chi connectivity index (χ3v) is 2.47. The minimum atomic E-state index is 0. The number of nitrogens with zero attached hydrogens (tertiary/aromatic N) is 2. The van der Waals surface area contributed by atoms with Gasteiger partial charge in [-0.1, -0.05) is 32.0 Å². The number of pyridine rings is 1. The molecule has 0 saturated heterocycles. The summed E-state index contributed by atoms with van der Waals surface area (Å²) in [6.07, 6.45) is 1.82. The third kappa shape index (κ3) is 3.32. The van der Waals surface area contributed by atoms with Crippen LogP contribution in [0.5, 0.6) is 0 Å². The summed E-state index contributed by atoms with van der Waals surface area (Å²) in [6.45, 7) is 5.13. The van der Waals surface area contributed by atoms with E-state index in [4.69, 9.17) is 5.84 Å². The highest BCUT2D eigenvalue weighted by molar-refractivity contribution is 5.85. The predicted molar refractivity (Wildman–Crippen MR) is 75.4 cm³/mol. The normalized spacial score (nSPS) is 10.4. The van der Waals surface area contributed by atoms with Gasteiger partial charge in [0, 0.05) is 11.9 Å². The number of benzene rings is 1. The highest BCUT2D eigenvalue weighted by atomic mass is 35.5. The Morgan fingerprint density at radius 3 is 2.71 bits per heavy atom. The van der Waals surface area contributed by atoms with Gasteiger partial charge in [-0.25, -0.2) is 5.84 Å². The van der Waals surface area contributed by atoms with Gasteiger partial charge in [-0.2, -0.15) is 0 Å². The van der Waals surface area contributed by atoms with Crippen molar-refractivity contribution in [2.24, 2.45) is 11.8 Å². The molecule has 0 fully saturated rings. The van der Waals surface area contributed by atoms with E-state index in [2.05, 4.69) is 31.0 Å². The number of aromatic nitrogens is 1. The molecule has 0 saturated carbocycles. The molecule has 0 spiro atoms. The molecule has 2 aromatic rings. The van der Waals surface area contributed by atoms with Gasteiger partial charge >= 0.3 is 0 Å². The zero-order valence-corrected chi connectivity index (χ0v) is 10.9. The first-order chi connectivity index (χ1) is 7.66. The lowest BCUT2D eigenvalue weighted by Crippen LogP contribution is -2.34. The zero-order chi connectivity index (χ0) is 11.5. The van der Waals surface area contributed by atoms with E-state index in [0.717, 1.165) is 23.1 Å². The Morgan fingerprint density at radius 1 is 1.29 bits per heavy atom. The maximum absolute atomic E-state index is 5.98. The van der Waals surface area contributed by atoms with E-state index >= 15 is 0 Å². The number of anilines is 1. The average molecular weight is 252 g/mol. The molecule has 0 unspecified atom stereocenters. The second-order valence-electron chi connectivity index (χ2n) is 4.43. The number of hydrogen-bond donors (Lipinski definition) is 1. The summed E-state index contributed by atoms with van der Waals surface area (Å²) < 4.78 is 0. The molecule has 92 valence electrons. The zero-order valence-electron chi connectivity index (χ0n) is 10.1. The van der Waals surface area contributed by atoms with Crippen molar-refractivity contribution in [3.63, 3.8) is 0 Å². The van der Waals surface area contributed by atoms with E-state index in [1.165, 1.54) is 0 Å². The number of rotatable bonds is 3. The monoisotopic (exact) mass is 251 g/mol. The van der Waals surface area contributed by atoms with Gasteiger partial charge in [0.05, 0.1) is 17.4 Å². The van der Waals surface area contributed by atoms with Crippen LogP contribution in [0.25, 0.3) is 10.9 Å². The number of hydrazine groups is 1. The van der Waals surface area contributed by atoms with Gasteiger partial charge in [-0.15, -0.1) is 12.4 Å². The Hall–Kier alpha value is -1.32. The smallest absolute Gasteiger partial charge is 0.0707 e. The molecule has 1 heterocycles. The molecule has 17 heavy (non-hydrogen) atoms. The van der Waals surface area contributed by atoms with Crippen molar-refractivity contribution in [1.29, 1.82) is 0 Å². The summed E-state index contributed by atoms with van der Waals surface area (Å²) in [5.74, 6) is 6.52. The molecule has 4 heteroatoms. The molecule has 1 aromatic carbocycles. The minimum Gasteiger partial charge on any atom is -0.309 e. The quantitative estimate of drug-likeness (QED) is 0.674. The average Bonchev–Trinajstić information content (AvgIpc) is 2.27. The summed E-state index contributed by atoms with van der Waals surface area (Å²) in [5, 5.41) is 2.88. The Bertz CT molecular complexity index is 485. The molecule has 0 aliphatic carbocycles. The van der Waals surface area contributed by atoms with E-state index in [1.807, 2.05) is 24.4 Å². The lowest BCUT2D eigenvalue weighted by molar-refractivity contribution is 0.620. The second-order valence-corrected chi connectivity index (χ2v) is 4.43. The molecule has 2 rings (SSSR count). The Labute approximate surface area is 108 Å². The van der Waals surface area contributed by atoms with Gasteiger partial charge < -0.3 is 5.01 Å². The first kappa shape index (κ1) is 13.7. The fraction of sp³-hybridized carbons (Fsp3) is 0.308. The standard InChI is InChI=1S/C13H17N3.ClH/c1-10(2)9-16(14)12-7-11-5-3-4-6-13(11)15-8-12;/h3-8,10H,9,14H2,1-2H3;1H. The van der Waals surface area contributed by atoms with Crippen molar-refractivity contribution in [3.05, 3.63) is 36.5 Å². The van der Waals surface area contributed by atoms with Crippen LogP contribution < -0.4 is 10.9 Å². The lowest BCUT2D eigenvalue weighted by Gasteiger charge is -2.20. The predicted octanol–water partition coefficient (Wildman–Crippen LogP) is 2.99. The van der Waals surface area contributed by atoms with Crippen molar-refractivity contribution in [3.8, 4) is 0 Å². The van der Waals surface area contributed by atoms with Gasteiger partial charge in [-0.3, -0.25) is 4.98 Å². The molecule has 2 N–H and O–H groups in total. The minimum absolute atomic E-state index is 0. The second kappa shape index (κ2) is 5.84. The summed E-state index contributed by atoms with van der Waals surface area (Å²) in [4.78, 5) is 4.39. The van der Waals surface area contributed by atoms with Crippen molar-refractivity contribution < 1.29 is 0 Å². The highest BCUT2D eigenvalue weighted by Gasteiger charge is 2.05. The maximum Gasteiger partial charge on any atom is 0.0707 e. The van der Waals surface area contributed by atoms with E-state index in [-0.39, 0.29) is 12.4 Å². The number of hydrogen-bond acceptors (Lipinski definition) is 3. The first-order valence-corrected chi connectivity index (χ1v) is 5.54. The summed E-state index contributed by atoms with van der Waals surface area (Å²) in [7, 11) is 0. The molecule has 1 aromatic heterocycles. The number of nitrogens with two attached hydrogens (primary N) is 1. The molecule has 0 aliphatic heterocycles. The topological polar surface area (TPSA) is 42.1 Å². The van der Waals surface area contributed by atoms with Crippen molar-refractivity contribution in [2.75, 3.05) is 11.6 Å². The molecule has 0 bridgehead atoms. The van der Waals surface area contributed by atoms with Gasteiger partial charge in [0.15, 0.2) is 0 Å². The van der Waals surface area contributed by atoms with E-state index in [1.54, 1.807) is 5.01 Å². The van der Waals surface area contributed by atoms with Crippen molar-refractivity contribution in [2.45, 2.75) is 13.8 Å². The number of para-hydroxylation sites is 1. The van der Waals surface area contributed by atoms with Gasteiger partial charge in [0.2, 0.25) is 0 Å². The third-order valence-electron chi connectivity index (χ3n) is 2.47. The van der Waals surface area contributed by atoms with Crippen molar-refractivity contribution in [1.82, 2.24) is 4.98 Å². The first-order valence-electron chi connectivity index (χ1n) is 5.54. The SMILES string of the molecule is CC(C)CN(N)c1cnc2ccccc2c1.Cl. The number of fused-ring (bicyclic) bond motifs is 1. The van der Waals surface area contributed by atoms with Crippen LogP contribution in [0.2, 0.25) is 0 Å². The van der Waals surface area contributed by atoms with Crippen LogP contribution in [0.15, 0.2) is 36.5 Å². The molecule has 0 aliphatic rings. The fourth-order valence-corrected chi connectivity index (χ4v) is 1.72. The molecule has 0 radical (unpaired) electrons. The number of halogens is 1. The molecular formula is C13H18ClN3.